The molecule has 1 atom stereocenters. The number of anilines is 1. The summed E-state index contributed by atoms with van der Waals surface area (Å²) in [7, 11) is -0.919. The van der Waals surface area contributed by atoms with Gasteiger partial charge in [0.25, 0.3) is 5.91 Å². The van der Waals surface area contributed by atoms with E-state index in [9.17, 15) is 9.00 Å². The van der Waals surface area contributed by atoms with E-state index in [0.29, 0.717) is 22.3 Å². The number of pyridine rings is 1. The molecule has 1 rings (SSSR count). The summed E-state index contributed by atoms with van der Waals surface area (Å²) in [5.41, 5.74) is 5.89. The van der Waals surface area contributed by atoms with Crippen LogP contribution in [0.2, 0.25) is 0 Å². The second-order valence-corrected chi connectivity index (χ2v) is 5.59. The Hall–Kier alpha value is -0.950. The Morgan fingerprint density at radius 3 is 3.00 bits per heavy atom. The van der Waals surface area contributed by atoms with Crippen LogP contribution in [-0.4, -0.2) is 33.7 Å². The molecule has 0 aliphatic carbocycles. The molecule has 88 valence electrons. The molecule has 3 N–H and O–H groups in total. The molecule has 5 nitrogen and oxygen atoms in total. The van der Waals surface area contributed by atoms with E-state index in [1.54, 1.807) is 12.3 Å². The van der Waals surface area contributed by atoms with Crippen LogP contribution in [0.4, 0.5) is 5.82 Å². The van der Waals surface area contributed by atoms with Gasteiger partial charge in [0.05, 0.1) is 5.56 Å². The van der Waals surface area contributed by atoms with Crippen LogP contribution in [0.1, 0.15) is 10.4 Å². The maximum atomic E-state index is 11.6. The molecular weight excluding hydrogens is 294 g/mol. The first-order chi connectivity index (χ1) is 7.50. The third kappa shape index (κ3) is 3.90. The maximum Gasteiger partial charge on any atom is 0.255 e. The lowest BCUT2D eigenvalue weighted by Gasteiger charge is -2.06. The molecule has 16 heavy (non-hydrogen) atoms. The lowest BCUT2D eigenvalue weighted by Crippen LogP contribution is -2.28. The zero-order valence-electron chi connectivity index (χ0n) is 8.70. The normalized spacial score (nSPS) is 12.1. The first-order valence-corrected chi connectivity index (χ1v) is 7.02. The van der Waals surface area contributed by atoms with E-state index < -0.39 is 10.8 Å². The molecule has 0 saturated heterocycles. The standard InChI is InChI=1S/C9H12BrN3O2S/c1-16(15)3-2-12-9(14)7-4-6(10)5-13-8(7)11/h4-5H,2-3H2,1H3,(H2,11,13)(H,12,14). The van der Waals surface area contributed by atoms with Crippen LogP contribution in [0.3, 0.4) is 0 Å². The fourth-order valence-corrected chi connectivity index (χ4v) is 1.76. The monoisotopic (exact) mass is 305 g/mol. The zero-order valence-corrected chi connectivity index (χ0v) is 11.1. The molecule has 0 aliphatic heterocycles. The van der Waals surface area contributed by atoms with Gasteiger partial charge < -0.3 is 11.1 Å². The van der Waals surface area contributed by atoms with Crippen molar-refractivity contribution >= 4 is 38.5 Å². The van der Waals surface area contributed by atoms with E-state index in [-0.39, 0.29) is 11.7 Å². The minimum Gasteiger partial charge on any atom is -0.383 e. The van der Waals surface area contributed by atoms with Gasteiger partial charge in [-0.3, -0.25) is 9.00 Å². The van der Waals surface area contributed by atoms with Crippen LogP contribution >= 0.6 is 15.9 Å². The molecule has 0 aliphatic rings. The highest BCUT2D eigenvalue weighted by Crippen LogP contribution is 2.15. The highest BCUT2D eigenvalue weighted by Gasteiger charge is 2.10. The van der Waals surface area contributed by atoms with Crippen LogP contribution in [0.15, 0.2) is 16.7 Å². The molecule has 7 heteroatoms. The van der Waals surface area contributed by atoms with Gasteiger partial charge in [-0.2, -0.15) is 0 Å². The van der Waals surface area contributed by atoms with Gasteiger partial charge in [0.2, 0.25) is 0 Å². The van der Waals surface area contributed by atoms with Gasteiger partial charge >= 0.3 is 0 Å². The Morgan fingerprint density at radius 1 is 1.69 bits per heavy atom. The minimum atomic E-state index is -0.919. The van der Waals surface area contributed by atoms with Crippen molar-refractivity contribution in [3.05, 3.63) is 22.3 Å². The summed E-state index contributed by atoms with van der Waals surface area (Å²) in [6.07, 6.45) is 3.11. The maximum absolute atomic E-state index is 11.6. The number of nitrogens with two attached hydrogens (primary N) is 1. The third-order valence-corrected chi connectivity index (χ3v) is 3.02. The lowest BCUT2D eigenvalue weighted by atomic mass is 10.2. The zero-order chi connectivity index (χ0) is 12.1. The first-order valence-electron chi connectivity index (χ1n) is 4.50. The largest absolute Gasteiger partial charge is 0.383 e. The lowest BCUT2D eigenvalue weighted by molar-refractivity contribution is 0.0956. The SMILES string of the molecule is CS(=O)CCNC(=O)c1cc(Br)cnc1N. The van der Waals surface area contributed by atoms with Crippen LogP contribution in [-0.2, 0) is 10.8 Å². The summed E-state index contributed by atoms with van der Waals surface area (Å²) >= 11 is 3.21. The van der Waals surface area contributed by atoms with E-state index in [0.717, 1.165) is 0 Å². The summed E-state index contributed by atoms with van der Waals surface area (Å²) in [5, 5.41) is 2.63. The highest BCUT2D eigenvalue weighted by molar-refractivity contribution is 9.10. The molecule has 0 bridgehead atoms. The number of rotatable bonds is 4. The number of carbonyl (C=O) groups excluding carboxylic acids is 1. The molecule has 0 aromatic carbocycles. The van der Waals surface area contributed by atoms with Gasteiger partial charge in [0.1, 0.15) is 5.82 Å². The first kappa shape index (κ1) is 13.1. The summed E-state index contributed by atoms with van der Waals surface area (Å²) in [4.78, 5) is 15.5. The average Bonchev–Trinajstić information content (AvgIpc) is 2.21. The predicted molar refractivity (Wildman–Crippen MR) is 67.6 cm³/mol. The van der Waals surface area contributed by atoms with Crippen molar-refractivity contribution in [3.8, 4) is 0 Å². The number of carbonyl (C=O) groups is 1. The number of nitrogens with one attached hydrogen (secondary N) is 1. The van der Waals surface area contributed by atoms with Crippen molar-refractivity contribution in [1.82, 2.24) is 10.3 Å². The van der Waals surface area contributed by atoms with E-state index >= 15 is 0 Å². The third-order valence-electron chi connectivity index (χ3n) is 1.80. The molecule has 0 radical (unpaired) electrons. The molecular formula is C9H12BrN3O2S. The van der Waals surface area contributed by atoms with Crippen LogP contribution in [0.25, 0.3) is 0 Å². The quantitative estimate of drug-likeness (QED) is 0.850. The van der Waals surface area contributed by atoms with Crippen molar-refractivity contribution in [3.63, 3.8) is 0 Å². The summed E-state index contributed by atoms with van der Waals surface area (Å²) in [6.45, 7) is 0.355. The molecule has 0 spiro atoms. The number of amides is 1. The Morgan fingerprint density at radius 2 is 2.38 bits per heavy atom. The number of aromatic nitrogens is 1. The average molecular weight is 306 g/mol. The van der Waals surface area contributed by atoms with Crippen molar-refractivity contribution < 1.29 is 9.00 Å². The van der Waals surface area contributed by atoms with Crippen LogP contribution < -0.4 is 11.1 Å². The van der Waals surface area contributed by atoms with Crippen LogP contribution in [0, 0.1) is 0 Å². The van der Waals surface area contributed by atoms with Gasteiger partial charge in [0.15, 0.2) is 0 Å². The summed E-state index contributed by atoms with van der Waals surface area (Å²) < 4.78 is 11.5. The second kappa shape index (κ2) is 5.95. The van der Waals surface area contributed by atoms with Crippen molar-refractivity contribution in [2.24, 2.45) is 0 Å². The molecule has 0 saturated carbocycles. The number of halogens is 1. The van der Waals surface area contributed by atoms with Gasteiger partial charge in [-0.25, -0.2) is 4.98 Å². The van der Waals surface area contributed by atoms with E-state index in [2.05, 4.69) is 26.2 Å². The van der Waals surface area contributed by atoms with E-state index in [1.807, 2.05) is 0 Å². The summed E-state index contributed by atoms with van der Waals surface area (Å²) in [5.74, 6) is 0.294. The van der Waals surface area contributed by atoms with E-state index in [1.165, 1.54) is 6.20 Å². The Balaban J connectivity index is 2.65. The summed E-state index contributed by atoms with van der Waals surface area (Å²) in [6, 6.07) is 1.60. The van der Waals surface area contributed by atoms with Crippen molar-refractivity contribution in [2.45, 2.75) is 0 Å². The smallest absolute Gasteiger partial charge is 0.255 e. The number of hydrogen-bond acceptors (Lipinski definition) is 4. The van der Waals surface area contributed by atoms with Gasteiger partial charge in [-0.15, -0.1) is 0 Å². The molecule has 0 fully saturated rings. The second-order valence-electron chi connectivity index (χ2n) is 3.12. The van der Waals surface area contributed by atoms with Gasteiger partial charge in [0, 0.05) is 40.0 Å². The topological polar surface area (TPSA) is 85.1 Å². The fraction of sp³-hybridized carbons (Fsp3) is 0.333. The van der Waals surface area contributed by atoms with Crippen molar-refractivity contribution in [2.75, 3.05) is 24.3 Å². The molecule has 1 heterocycles. The Kier molecular flexibility index (Phi) is 4.88. The fourth-order valence-electron chi connectivity index (χ4n) is 1.04. The highest BCUT2D eigenvalue weighted by atomic mass is 79.9. The van der Waals surface area contributed by atoms with Crippen LogP contribution in [0.5, 0.6) is 0 Å². The number of nitrogens with zero attached hydrogens (tertiary/aromatic N) is 1. The van der Waals surface area contributed by atoms with Gasteiger partial charge in [-0.1, -0.05) is 0 Å². The van der Waals surface area contributed by atoms with E-state index in [4.69, 9.17) is 5.73 Å². The Bertz CT molecular complexity index is 425. The number of hydrogen-bond donors (Lipinski definition) is 2. The molecule has 1 amide bonds. The molecule has 1 aromatic rings. The Labute approximate surface area is 104 Å². The molecule has 1 unspecified atom stereocenters. The predicted octanol–water partition coefficient (Wildman–Crippen LogP) is 0.535. The minimum absolute atomic E-state index is 0.179. The van der Waals surface area contributed by atoms with Gasteiger partial charge in [-0.05, 0) is 22.0 Å². The molecule has 1 aromatic heterocycles. The number of nitrogen functional groups attached to an aromatic ring is 1. The van der Waals surface area contributed by atoms with Crippen molar-refractivity contribution in [1.29, 1.82) is 0 Å².